The zero-order valence-corrected chi connectivity index (χ0v) is 17.9. The van der Waals surface area contributed by atoms with Gasteiger partial charge in [-0.25, -0.2) is 0 Å². The molecule has 0 unspecified atom stereocenters. The normalized spacial score (nSPS) is 11.8. The van der Waals surface area contributed by atoms with Crippen LogP contribution in [0.3, 0.4) is 0 Å². The third-order valence-electron chi connectivity index (χ3n) is 4.80. The molecule has 0 aliphatic heterocycles. The van der Waals surface area contributed by atoms with Crippen LogP contribution in [0.4, 0.5) is 0 Å². The van der Waals surface area contributed by atoms with E-state index in [2.05, 4.69) is 19.2 Å². The lowest BCUT2D eigenvalue weighted by Gasteiger charge is -2.29. The highest BCUT2D eigenvalue weighted by molar-refractivity contribution is 5.87. The van der Waals surface area contributed by atoms with Gasteiger partial charge in [0.2, 0.25) is 5.91 Å². The molecule has 0 radical (unpaired) electrons. The van der Waals surface area contributed by atoms with Crippen molar-refractivity contribution in [3.8, 4) is 5.75 Å². The van der Waals surface area contributed by atoms with E-state index in [1.54, 1.807) is 11.8 Å². The van der Waals surface area contributed by atoms with Crippen molar-refractivity contribution in [3.05, 3.63) is 65.7 Å². The summed E-state index contributed by atoms with van der Waals surface area (Å²) in [5, 5.41) is 2.88. The molecule has 0 fully saturated rings. The summed E-state index contributed by atoms with van der Waals surface area (Å²) in [6.45, 7) is 8.77. The van der Waals surface area contributed by atoms with Crippen LogP contribution in [0.2, 0.25) is 0 Å². The number of benzene rings is 2. The second-order valence-electron chi connectivity index (χ2n) is 7.46. The van der Waals surface area contributed by atoms with Gasteiger partial charge in [0.25, 0.3) is 5.91 Å². The fraction of sp³-hybridized carbons (Fsp3) is 0.417. The van der Waals surface area contributed by atoms with Gasteiger partial charge in [0.1, 0.15) is 11.8 Å². The van der Waals surface area contributed by atoms with Gasteiger partial charge in [-0.3, -0.25) is 9.59 Å². The van der Waals surface area contributed by atoms with Crippen molar-refractivity contribution in [2.75, 3.05) is 13.2 Å². The van der Waals surface area contributed by atoms with E-state index in [0.717, 1.165) is 17.5 Å². The van der Waals surface area contributed by atoms with Crippen molar-refractivity contribution in [2.24, 2.45) is 0 Å². The summed E-state index contributed by atoms with van der Waals surface area (Å²) in [5.41, 5.74) is 2.03. The Labute approximate surface area is 174 Å². The second-order valence-corrected chi connectivity index (χ2v) is 7.46. The minimum Gasteiger partial charge on any atom is -0.483 e. The van der Waals surface area contributed by atoms with Crippen molar-refractivity contribution < 1.29 is 14.3 Å². The Balaban J connectivity index is 2.14. The molecule has 0 heterocycles. The molecular weight excluding hydrogens is 364 g/mol. The van der Waals surface area contributed by atoms with E-state index in [1.807, 2.05) is 61.5 Å². The fourth-order valence-electron chi connectivity index (χ4n) is 3.07. The minimum atomic E-state index is -0.585. The van der Waals surface area contributed by atoms with Crippen LogP contribution < -0.4 is 10.1 Å². The molecule has 2 aromatic rings. The monoisotopic (exact) mass is 396 g/mol. The predicted octanol–water partition coefficient (Wildman–Crippen LogP) is 4.13. The number of carbonyl (C=O) groups is 2. The molecule has 0 aliphatic carbocycles. The van der Waals surface area contributed by atoms with E-state index < -0.39 is 6.04 Å². The summed E-state index contributed by atoms with van der Waals surface area (Å²) >= 11 is 0. The predicted molar refractivity (Wildman–Crippen MR) is 116 cm³/mol. The molecule has 156 valence electrons. The molecule has 0 saturated heterocycles. The highest BCUT2D eigenvalue weighted by Crippen LogP contribution is 2.26. The van der Waals surface area contributed by atoms with Gasteiger partial charge in [-0.15, -0.1) is 0 Å². The first-order chi connectivity index (χ1) is 13.9. The number of rotatable bonds is 10. The van der Waals surface area contributed by atoms with E-state index in [9.17, 15) is 9.59 Å². The van der Waals surface area contributed by atoms with Crippen LogP contribution in [0, 0.1) is 0 Å². The lowest BCUT2D eigenvalue weighted by atomic mass is 10.0. The molecule has 1 atom stereocenters. The number of hydrogen-bond donors (Lipinski definition) is 1. The van der Waals surface area contributed by atoms with Gasteiger partial charge in [0, 0.05) is 13.1 Å². The Morgan fingerprint density at radius 1 is 1.00 bits per heavy atom. The van der Waals surface area contributed by atoms with Gasteiger partial charge < -0.3 is 15.0 Å². The van der Waals surface area contributed by atoms with E-state index >= 15 is 0 Å². The van der Waals surface area contributed by atoms with Crippen molar-refractivity contribution >= 4 is 11.8 Å². The van der Waals surface area contributed by atoms with Crippen LogP contribution in [0.1, 0.15) is 51.2 Å². The van der Waals surface area contributed by atoms with Crippen LogP contribution in [0.5, 0.6) is 5.75 Å². The van der Waals surface area contributed by atoms with Crippen LogP contribution in [-0.2, 0) is 16.1 Å². The number of nitrogens with one attached hydrogen (secondary N) is 1. The molecule has 0 spiro atoms. The Bertz CT molecular complexity index is 790. The van der Waals surface area contributed by atoms with Crippen molar-refractivity contribution in [1.29, 1.82) is 0 Å². The van der Waals surface area contributed by atoms with Crippen LogP contribution >= 0.6 is 0 Å². The minimum absolute atomic E-state index is 0.109. The van der Waals surface area contributed by atoms with Crippen molar-refractivity contribution in [2.45, 2.75) is 52.6 Å². The summed E-state index contributed by atoms with van der Waals surface area (Å²) in [5.74, 6) is 0.629. The first kappa shape index (κ1) is 22.5. The summed E-state index contributed by atoms with van der Waals surface area (Å²) in [6, 6.07) is 16.8. The average Bonchev–Trinajstić information content (AvgIpc) is 2.74. The van der Waals surface area contributed by atoms with Crippen LogP contribution in [-0.4, -0.2) is 35.9 Å². The molecule has 5 heteroatoms. The van der Waals surface area contributed by atoms with Crippen LogP contribution in [0.25, 0.3) is 0 Å². The van der Waals surface area contributed by atoms with E-state index in [4.69, 9.17) is 4.74 Å². The van der Waals surface area contributed by atoms with Crippen molar-refractivity contribution in [1.82, 2.24) is 10.2 Å². The quantitative estimate of drug-likeness (QED) is 0.657. The van der Waals surface area contributed by atoms with Gasteiger partial charge in [-0.05, 0) is 36.5 Å². The zero-order chi connectivity index (χ0) is 21.2. The number of nitrogens with zero attached hydrogens (tertiary/aromatic N) is 1. The average molecular weight is 397 g/mol. The number of ether oxygens (including phenoxy) is 1. The molecule has 2 rings (SSSR count). The molecule has 5 nitrogen and oxygen atoms in total. The summed E-state index contributed by atoms with van der Waals surface area (Å²) in [6.07, 6.45) is 0.847. The van der Waals surface area contributed by atoms with E-state index in [-0.39, 0.29) is 18.4 Å². The fourth-order valence-corrected chi connectivity index (χ4v) is 3.07. The SMILES string of the molecule is CCCNC(=O)[C@H](C)N(Cc1ccccc1)C(=O)COc1ccccc1C(C)C. The zero-order valence-electron chi connectivity index (χ0n) is 17.9. The molecule has 0 saturated carbocycles. The van der Waals surface area contributed by atoms with Crippen molar-refractivity contribution in [3.63, 3.8) is 0 Å². The van der Waals surface area contributed by atoms with Gasteiger partial charge in [0.15, 0.2) is 6.61 Å². The van der Waals surface area contributed by atoms with Gasteiger partial charge in [0.05, 0.1) is 0 Å². The lowest BCUT2D eigenvalue weighted by Crippen LogP contribution is -2.49. The first-order valence-electron chi connectivity index (χ1n) is 10.3. The third-order valence-corrected chi connectivity index (χ3v) is 4.80. The molecule has 2 aromatic carbocycles. The molecule has 0 bridgehead atoms. The first-order valence-corrected chi connectivity index (χ1v) is 10.3. The number of carbonyl (C=O) groups excluding carboxylic acids is 2. The van der Waals surface area contributed by atoms with Crippen LogP contribution in [0.15, 0.2) is 54.6 Å². The number of para-hydroxylation sites is 1. The van der Waals surface area contributed by atoms with Gasteiger partial charge in [-0.1, -0.05) is 69.3 Å². The Morgan fingerprint density at radius 2 is 1.66 bits per heavy atom. The summed E-state index contributed by atoms with van der Waals surface area (Å²) in [4.78, 5) is 27.1. The maximum Gasteiger partial charge on any atom is 0.261 e. The Morgan fingerprint density at radius 3 is 2.31 bits per heavy atom. The Hall–Kier alpha value is -2.82. The van der Waals surface area contributed by atoms with Gasteiger partial charge in [-0.2, -0.15) is 0 Å². The molecule has 29 heavy (non-hydrogen) atoms. The maximum absolute atomic E-state index is 13.0. The summed E-state index contributed by atoms with van der Waals surface area (Å²) in [7, 11) is 0. The lowest BCUT2D eigenvalue weighted by molar-refractivity contribution is -0.142. The maximum atomic E-state index is 13.0. The Kier molecular flexibility index (Phi) is 8.71. The highest BCUT2D eigenvalue weighted by atomic mass is 16.5. The molecule has 1 N–H and O–H groups in total. The largest absolute Gasteiger partial charge is 0.483 e. The van der Waals surface area contributed by atoms with E-state index in [1.165, 1.54) is 0 Å². The number of hydrogen-bond acceptors (Lipinski definition) is 3. The summed E-state index contributed by atoms with van der Waals surface area (Å²) < 4.78 is 5.87. The molecule has 0 aromatic heterocycles. The standard InChI is InChI=1S/C24H32N2O3/c1-5-15-25-24(28)19(4)26(16-20-11-7-6-8-12-20)23(27)17-29-22-14-10-9-13-21(22)18(2)3/h6-14,18-19H,5,15-17H2,1-4H3,(H,25,28)/t19-/m0/s1. The highest BCUT2D eigenvalue weighted by Gasteiger charge is 2.26. The number of amides is 2. The topological polar surface area (TPSA) is 58.6 Å². The molecular formula is C24H32N2O3. The second kappa shape index (κ2) is 11.2. The molecule has 2 amide bonds. The van der Waals surface area contributed by atoms with Gasteiger partial charge >= 0.3 is 0 Å². The van der Waals surface area contributed by atoms with E-state index in [0.29, 0.717) is 24.8 Å². The smallest absolute Gasteiger partial charge is 0.261 e. The molecule has 0 aliphatic rings. The third kappa shape index (κ3) is 6.63.